The summed E-state index contributed by atoms with van der Waals surface area (Å²) in [6.07, 6.45) is 2.41. The minimum Gasteiger partial charge on any atom is -0.350 e. The first-order chi connectivity index (χ1) is 4.84. The van der Waals surface area contributed by atoms with Crippen LogP contribution in [0, 0.1) is 0 Å². The van der Waals surface area contributed by atoms with Gasteiger partial charge in [0, 0.05) is 11.6 Å². The maximum atomic E-state index is 9.98. The number of carbonyl (C=O) groups excluding carboxylic acids is 1. The average molecular weight is 156 g/mol. The monoisotopic (exact) mass is 156 g/mol. The molecule has 0 aromatic carbocycles. The Balaban J connectivity index is 2.58. The summed E-state index contributed by atoms with van der Waals surface area (Å²) in [7, 11) is 0. The number of aromatic nitrogens is 1. The van der Waals surface area contributed by atoms with Crippen LogP contribution in [-0.4, -0.2) is 11.4 Å². The molecule has 4 heteroatoms. The Labute approximate surface area is 63.1 Å². The lowest BCUT2D eigenvalue weighted by Gasteiger charge is -2.03. The van der Waals surface area contributed by atoms with Gasteiger partial charge in [-0.15, -0.1) is 11.3 Å². The minimum atomic E-state index is 0.0394. The number of nitrogens with one attached hydrogen (secondary N) is 1. The van der Waals surface area contributed by atoms with E-state index in [0.29, 0.717) is 6.41 Å². The fourth-order valence-electron chi connectivity index (χ4n) is 0.622. The van der Waals surface area contributed by atoms with Crippen molar-refractivity contribution in [3.05, 3.63) is 16.6 Å². The van der Waals surface area contributed by atoms with Gasteiger partial charge in [0.1, 0.15) is 5.01 Å². The van der Waals surface area contributed by atoms with E-state index in [1.165, 1.54) is 11.3 Å². The van der Waals surface area contributed by atoms with Crippen LogP contribution in [0.3, 0.4) is 0 Å². The zero-order valence-electron chi connectivity index (χ0n) is 5.57. The van der Waals surface area contributed by atoms with E-state index in [1.54, 1.807) is 6.20 Å². The second-order valence-electron chi connectivity index (χ2n) is 1.88. The third-order valence-electron chi connectivity index (χ3n) is 1.14. The molecule has 1 rings (SSSR count). The van der Waals surface area contributed by atoms with Gasteiger partial charge < -0.3 is 5.32 Å². The highest BCUT2D eigenvalue weighted by molar-refractivity contribution is 7.09. The third-order valence-corrected chi connectivity index (χ3v) is 2.10. The zero-order valence-corrected chi connectivity index (χ0v) is 6.39. The van der Waals surface area contributed by atoms with E-state index in [4.69, 9.17) is 0 Å². The molecule has 0 aliphatic heterocycles. The van der Waals surface area contributed by atoms with Gasteiger partial charge in [0.25, 0.3) is 0 Å². The van der Waals surface area contributed by atoms with E-state index in [2.05, 4.69) is 10.3 Å². The lowest BCUT2D eigenvalue weighted by molar-refractivity contribution is -0.110. The molecule has 3 nitrogen and oxygen atoms in total. The highest BCUT2D eigenvalue weighted by Crippen LogP contribution is 2.13. The maximum Gasteiger partial charge on any atom is 0.207 e. The first-order valence-corrected chi connectivity index (χ1v) is 3.81. The molecule has 0 saturated heterocycles. The number of hydrogen-bond donors (Lipinski definition) is 1. The Hall–Kier alpha value is -0.900. The van der Waals surface area contributed by atoms with E-state index in [1.807, 2.05) is 12.3 Å². The van der Waals surface area contributed by atoms with E-state index in [0.717, 1.165) is 5.01 Å². The quantitative estimate of drug-likeness (QED) is 0.662. The van der Waals surface area contributed by atoms with Crippen LogP contribution in [0.5, 0.6) is 0 Å². The number of thiazole rings is 1. The SMILES string of the molecule is C[C@@H](NC=O)c1nccs1. The Bertz CT molecular complexity index is 198. The second kappa shape index (κ2) is 3.31. The number of rotatable bonds is 3. The molecule has 0 aliphatic carbocycles. The van der Waals surface area contributed by atoms with E-state index in [-0.39, 0.29) is 6.04 Å². The average Bonchev–Trinajstić information content (AvgIpc) is 2.38. The predicted octanol–water partition coefficient (Wildman–Crippen LogP) is 0.950. The summed E-state index contributed by atoms with van der Waals surface area (Å²) >= 11 is 1.54. The highest BCUT2D eigenvalue weighted by Gasteiger charge is 2.04. The standard InChI is InChI=1S/C6H8N2OS/c1-5(8-4-9)6-7-2-3-10-6/h2-5H,1H3,(H,8,9)/t5-/m1/s1. The van der Waals surface area contributed by atoms with Crippen molar-refractivity contribution in [3.8, 4) is 0 Å². The molecular weight excluding hydrogens is 148 g/mol. The molecule has 1 aromatic heterocycles. The number of hydrogen-bond acceptors (Lipinski definition) is 3. The second-order valence-corrected chi connectivity index (χ2v) is 2.80. The van der Waals surface area contributed by atoms with Crippen molar-refractivity contribution in [3.63, 3.8) is 0 Å². The van der Waals surface area contributed by atoms with Gasteiger partial charge in [0.05, 0.1) is 6.04 Å². The lowest BCUT2D eigenvalue weighted by Crippen LogP contribution is -2.15. The molecular formula is C6H8N2OS. The molecule has 0 radical (unpaired) electrons. The van der Waals surface area contributed by atoms with Gasteiger partial charge >= 0.3 is 0 Å². The smallest absolute Gasteiger partial charge is 0.207 e. The third kappa shape index (κ3) is 1.54. The normalized spacial score (nSPS) is 12.5. The molecule has 0 unspecified atom stereocenters. The summed E-state index contributed by atoms with van der Waals surface area (Å²) in [6.45, 7) is 1.90. The van der Waals surface area contributed by atoms with Crippen LogP contribution in [0.4, 0.5) is 0 Å². The first kappa shape index (κ1) is 7.21. The minimum absolute atomic E-state index is 0.0394. The van der Waals surface area contributed by atoms with Gasteiger partial charge in [-0.05, 0) is 6.92 Å². The number of nitrogens with zero attached hydrogens (tertiary/aromatic N) is 1. The Morgan fingerprint density at radius 2 is 2.70 bits per heavy atom. The molecule has 54 valence electrons. The van der Waals surface area contributed by atoms with Crippen LogP contribution in [0.2, 0.25) is 0 Å². The number of carbonyl (C=O) groups is 1. The Morgan fingerprint density at radius 3 is 3.20 bits per heavy atom. The molecule has 1 atom stereocenters. The van der Waals surface area contributed by atoms with E-state index in [9.17, 15) is 4.79 Å². The van der Waals surface area contributed by atoms with Crippen LogP contribution < -0.4 is 5.32 Å². The van der Waals surface area contributed by atoms with Crippen molar-refractivity contribution in [1.82, 2.24) is 10.3 Å². The largest absolute Gasteiger partial charge is 0.350 e. The van der Waals surface area contributed by atoms with Gasteiger partial charge in [-0.1, -0.05) is 0 Å². The van der Waals surface area contributed by atoms with Gasteiger partial charge in [-0.25, -0.2) is 4.98 Å². The molecule has 0 aliphatic rings. The van der Waals surface area contributed by atoms with Crippen molar-refractivity contribution in [2.45, 2.75) is 13.0 Å². The molecule has 10 heavy (non-hydrogen) atoms. The Kier molecular flexibility index (Phi) is 2.39. The van der Waals surface area contributed by atoms with Crippen LogP contribution >= 0.6 is 11.3 Å². The van der Waals surface area contributed by atoms with E-state index >= 15 is 0 Å². The summed E-state index contributed by atoms with van der Waals surface area (Å²) in [5.41, 5.74) is 0. The molecule has 0 spiro atoms. The number of amides is 1. The molecule has 0 bridgehead atoms. The van der Waals surface area contributed by atoms with Gasteiger partial charge in [0.15, 0.2) is 0 Å². The summed E-state index contributed by atoms with van der Waals surface area (Å²) in [5.74, 6) is 0. The van der Waals surface area contributed by atoms with Gasteiger partial charge in [0.2, 0.25) is 6.41 Å². The van der Waals surface area contributed by atoms with E-state index < -0.39 is 0 Å². The first-order valence-electron chi connectivity index (χ1n) is 2.93. The summed E-state index contributed by atoms with van der Waals surface area (Å²) in [5, 5.41) is 5.44. The molecule has 1 amide bonds. The van der Waals surface area contributed by atoms with Crippen LogP contribution in [0.25, 0.3) is 0 Å². The van der Waals surface area contributed by atoms with Crippen molar-refractivity contribution < 1.29 is 4.79 Å². The Morgan fingerprint density at radius 1 is 1.90 bits per heavy atom. The van der Waals surface area contributed by atoms with Crippen LogP contribution in [0.15, 0.2) is 11.6 Å². The fourth-order valence-corrected chi connectivity index (χ4v) is 1.28. The summed E-state index contributed by atoms with van der Waals surface area (Å²) < 4.78 is 0. The van der Waals surface area contributed by atoms with Crippen LogP contribution in [0.1, 0.15) is 18.0 Å². The predicted molar refractivity (Wildman–Crippen MR) is 39.7 cm³/mol. The van der Waals surface area contributed by atoms with Gasteiger partial charge in [-0.3, -0.25) is 4.79 Å². The van der Waals surface area contributed by atoms with Gasteiger partial charge in [-0.2, -0.15) is 0 Å². The van der Waals surface area contributed by atoms with Crippen LogP contribution in [-0.2, 0) is 4.79 Å². The van der Waals surface area contributed by atoms with Crippen molar-refractivity contribution in [2.24, 2.45) is 0 Å². The van der Waals surface area contributed by atoms with Crippen molar-refractivity contribution in [1.29, 1.82) is 0 Å². The molecule has 1 aromatic rings. The molecule has 1 N–H and O–H groups in total. The topological polar surface area (TPSA) is 42.0 Å². The highest BCUT2D eigenvalue weighted by atomic mass is 32.1. The summed E-state index contributed by atoms with van der Waals surface area (Å²) in [4.78, 5) is 14.0. The molecule has 0 fully saturated rings. The molecule has 0 saturated carbocycles. The lowest BCUT2D eigenvalue weighted by atomic mass is 10.4. The fraction of sp³-hybridized carbons (Fsp3) is 0.333. The van der Waals surface area contributed by atoms with Crippen molar-refractivity contribution in [2.75, 3.05) is 0 Å². The van der Waals surface area contributed by atoms with Crippen molar-refractivity contribution >= 4 is 17.7 Å². The molecule has 1 heterocycles. The maximum absolute atomic E-state index is 9.98. The summed E-state index contributed by atoms with van der Waals surface area (Å²) in [6, 6.07) is 0.0394. The zero-order chi connectivity index (χ0) is 7.40.